The van der Waals surface area contributed by atoms with Crippen LogP contribution in [0.25, 0.3) is 0 Å². The van der Waals surface area contributed by atoms with E-state index in [4.69, 9.17) is 14.7 Å². The highest BCUT2D eigenvalue weighted by Gasteiger charge is 2.35. The van der Waals surface area contributed by atoms with Crippen molar-refractivity contribution in [1.29, 1.82) is 5.26 Å². The van der Waals surface area contributed by atoms with Crippen LogP contribution in [0.3, 0.4) is 0 Å². The van der Waals surface area contributed by atoms with Crippen molar-refractivity contribution in [1.82, 2.24) is 4.90 Å². The van der Waals surface area contributed by atoms with Crippen molar-refractivity contribution in [3.63, 3.8) is 0 Å². The quantitative estimate of drug-likeness (QED) is 0.602. The lowest BCUT2D eigenvalue weighted by Crippen LogP contribution is -2.27. The molecule has 6 heteroatoms. The SMILES string of the molecule is COc1cc(C#N)ccc1OC(=O)C1CC(=O)N(Cc2ccc(C)cc2)C1. The van der Waals surface area contributed by atoms with E-state index in [1.807, 2.05) is 37.3 Å². The summed E-state index contributed by atoms with van der Waals surface area (Å²) < 4.78 is 10.6. The number of benzene rings is 2. The Morgan fingerprint density at radius 1 is 1.22 bits per heavy atom. The normalized spacial score (nSPS) is 16.1. The summed E-state index contributed by atoms with van der Waals surface area (Å²) in [7, 11) is 1.44. The van der Waals surface area contributed by atoms with Crippen LogP contribution in [-0.4, -0.2) is 30.4 Å². The number of esters is 1. The summed E-state index contributed by atoms with van der Waals surface area (Å²) in [5.74, 6) is -0.514. The van der Waals surface area contributed by atoms with Crippen LogP contribution in [-0.2, 0) is 16.1 Å². The first kappa shape index (κ1) is 18.5. The zero-order valence-corrected chi connectivity index (χ0v) is 15.3. The molecule has 0 aliphatic carbocycles. The fourth-order valence-electron chi connectivity index (χ4n) is 3.01. The van der Waals surface area contributed by atoms with Gasteiger partial charge in [0.05, 0.1) is 24.7 Å². The Morgan fingerprint density at radius 2 is 1.96 bits per heavy atom. The predicted molar refractivity (Wildman–Crippen MR) is 98.0 cm³/mol. The summed E-state index contributed by atoms with van der Waals surface area (Å²) in [6, 6.07) is 14.5. The van der Waals surface area contributed by atoms with Crippen molar-refractivity contribution in [2.75, 3.05) is 13.7 Å². The molecular formula is C21H20N2O4. The zero-order valence-electron chi connectivity index (χ0n) is 15.3. The molecule has 3 rings (SSSR count). The maximum Gasteiger partial charge on any atom is 0.316 e. The van der Waals surface area contributed by atoms with Gasteiger partial charge in [0.1, 0.15) is 0 Å². The molecule has 138 valence electrons. The van der Waals surface area contributed by atoms with E-state index in [0.717, 1.165) is 11.1 Å². The molecule has 2 aromatic rings. The number of nitrogens with zero attached hydrogens (tertiary/aromatic N) is 2. The lowest BCUT2D eigenvalue weighted by molar-refractivity contribution is -0.139. The van der Waals surface area contributed by atoms with Gasteiger partial charge in [-0.25, -0.2) is 0 Å². The molecule has 27 heavy (non-hydrogen) atoms. The predicted octanol–water partition coefficient (Wildman–Crippen LogP) is 2.83. The molecule has 2 aromatic carbocycles. The molecule has 6 nitrogen and oxygen atoms in total. The molecule has 1 amide bonds. The average molecular weight is 364 g/mol. The first-order valence-electron chi connectivity index (χ1n) is 8.63. The first-order chi connectivity index (χ1) is 13.0. The van der Waals surface area contributed by atoms with Crippen LogP contribution in [0.15, 0.2) is 42.5 Å². The summed E-state index contributed by atoms with van der Waals surface area (Å²) in [5, 5.41) is 8.94. The highest BCUT2D eigenvalue weighted by molar-refractivity contribution is 5.87. The van der Waals surface area contributed by atoms with Gasteiger partial charge in [-0.15, -0.1) is 0 Å². The second kappa shape index (κ2) is 7.92. The molecule has 0 N–H and O–H groups in total. The molecule has 1 atom stereocenters. The Labute approximate surface area is 157 Å². The number of methoxy groups -OCH3 is 1. The highest BCUT2D eigenvalue weighted by Crippen LogP contribution is 2.30. The topological polar surface area (TPSA) is 79.6 Å². The number of aryl methyl sites for hydroxylation is 1. The molecule has 0 aromatic heterocycles. The number of hydrogen-bond donors (Lipinski definition) is 0. The molecule has 0 radical (unpaired) electrons. The Kier molecular flexibility index (Phi) is 5.41. The summed E-state index contributed by atoms with van der Waals surface area (Å²) in [6.45, 7) is 2.81. The number of carbonyl (C=O) groups is 2. The summed E-state index contributed by atoms with van der Waals surface area (Å²) >= 11 is 0. The van der Waals surface area contributed by atoms with Crippen molar-refractivity contribution in [2.24, 2.45) is 5.92 Å². The molecule has 1 heterocycles. The third kappa shape index (κ3) is 4.26. The maximum absolute atomic E-state index is 12.5. The van der Waals surface area contributed by atoms with Gasteiger partial charge in [0, 0.05) is 25.6 Å². The number of rotatable bonds is 5. The minimum Gasteiger partial charge on any atom is -0.493 e. The van der Waals surface area contributed by atoms with Crippen molar-refractivity contribution < 1.29 is 19.1 Å². The van der Waals surface area contributed by atoms with E-state index in [-0.39, 0.29) is 18.1 Å². The van der Waals surface area contributed by atoms with E-state index in [0.29, 0.717) is 24.4 Å². The number of ether oxygens (including phenoxy) is 2. The van der Waals surface area contributed by atoms with Crippen molar-refractivity contribution in [3.05, 3.63) is 59.2 Å². The molecule has 0 saturated carbocycles. The number of amides is 1. The fourth-order valence-corrected chi connectivity index (χ4v) is 3.01. The molecule has 1 aliphatic rings. The third-order valence-corrected chi connectivity index (χ3v) is 4.55. The van der Waals surface area contributed by atoms with Crippen LogP contribution in [0.2, 0.25) is 0 Å². The van der Waals surface area contributed by atoms with E-state index < -0.39 is 11.9 Å². The number of nitriles is 1. The Balaban J connectivity index is 1.65. The number of carbonyl (C=O) groups excluding carboxylic acids is 2. The fraction of sp³-hybridized carbons (Fsp3) is 0.286. The van der Waals surface area contributed by atoms with Gasteiger partial charge in [0.2, 0.25) is 5.91 Å². The molecule has 0 spiro atoms. The van der Waals surface area contributed by atoms with Crippen LogP contribution in [0, 0.1) is 24.2 Å². The second-order valence-corrected chi connectivity index (χ2v) is 6.56. The van der Waals surface area contributed by atoms with E-state index in [1.54, 1.807) is 11.0 Å². The van der Waals surface area contributed by atoms with Gasteiger partial charge < -0.3 is 14.4 Å². The lowest BCUT2D eigenvalue weighted by Gasteiger charge is -2.17. The van der Waals surface area contributed by atoms with Crippen LogP contribution < -0.4 is 9.47 Å². The molecule has 1 saturated heterocycles. The molecule has 1 unspecified atom stereocenters. The van der Waals surface area contributed by atoms with Crippen molar-refractivity contribution >= 4 is 11.9 Å². The molecule has 0 bridgehead atoms. The van der Waals surface area contributed by atoms with Gasteiger partial charge in [0.15, 0.2) is 11.5 Å². The molecule has 1 fully saturated rings. The van der Waals surface area contributed by atoms with Crippen LogP contribution in [0.5, 0.6) is 11.5 Å². The smallest absolute Gasteiger partial charge is 0.316 e. The molecule has 1 aliphatic heterocycles. The summed E-state index contributed by atoms with van der Waals surface area (Å²) in [6.07, 6.45) is 0.128. The number of likely N-dealkylation sites (tertiary alicyclic amines) is 1. The first-order valence-corrected chi connectivity index (χ1v) is 8.63. The van der Waals surface area contributed by atoms with Gasteiger partial charge in [-0.3, -0.25) is 9.59 Å². The van der Waals surface area contributed by atoms with Gasteiger partial charge in [-0.05, 0) is 24.6 Å². The minimum absolute atomic E-state index is 0.0654. The van der Waals surface area contributed by atoms with E-state index in [2.05, 4.69) is 0 Å². The monoisotopic (exact) mass is 364 g/mol. The second-order valence-electron chi connectivity index (χ2n) is 6.56. The minimum atomic E-state index is -0.525. The van der Waals surface area contributed by atoms with Crippen LogP contribution >= 0.6 is 0 Å². The van der Waals surface area contributed by atoms with Crippen molar-refractivity contribution in [3.8, 4) is 17.6 Å². The van der Waals surface area contributed by atoms with E-state index in [1.165, 1.54) is 19.2 Å². The molecular weight excluding hydrogens is 344 g/mol. The summed E-state index contributed by atoms with van der Waals surface area (Å²) in [5.41, 5.74) is 2.59. The highest BCUT2D eigenvalue weighted by atomic mass is 16.6. The lowest BCUT2D eigenvalue weighted by atomic mass is 10.1. The van der Waals surface area contributed by atoms with E-state index >= 15 is 0 Å². The third-order valence-electron chi connectivity index (χ3n) is 4.55. The summed E-state index contributed by atoms with van der Waals surface area (Å²) in [4.78, 5) is 26.5. The van der Waals surface area contributed by atoms with Gasteiger partial charge in [0.25, 0.3) is 0 Å². The van der Waals surface area contributed by atoms with Gasteiger partial charge in [-0.1, -0.05) is 29.8 Å². The largest absolute Gasteiger partial charge is 0.493 e. The zero-order chi connectivity index (χ0) is 19.4. The standard InChI is InChI=1S/C21H20N2O4/c1-14-3-5-15(6-4-14)12-23-13-17(10-20(23)24)21(25)27-18-8-7-16(11-22)9-19(18)26-2/h3-9,17H,10,12-13H2,1-2H3. The Hall–Kier alpha value is -3.33. The Bertz CT molecular complexity index is 899. The van der Waals surface area contributed by atoms with Crippen molar-refractivity contribution in [2.45, 2.75) is 19.9 Å². The number of hydrogen-bond acceptors (Lipinski definition) is 5. The average Bonchev–Trinajstić information content (AvgIpc) is 3.04. The van der Waals surface area contributed by atoms with Crippen LogP contribution in [0.1, 0.15) is 23.1 Å². The van der Waals surface area contributed by atoms with Crippen LogP contribution in [0.4, 0.5) is 0 Å². The van der Waals surface area contributed by atoms with Gasteiger partial charge >= 0.3 is 5.97 Å². The maximum atomic E-state index is 12.5. The Morgan fingerprint density at radius 3 is 2.63 bits per heavy atom. The van der Waals surface area contributed by atoms with Gasteiger partial charge in [-0.2, -0.15) is 5.26 Å². The van der Waals surface area contributed by atoms with E-state index in [9.17, 15) is 9.59 Å².